The molecule has 0 amide bonds. The molecular formula is C57H46N2. The summed E-state index contributed by atoms with van der Waals surface area (Å²) in [6, 6.07) is 62.4. The van der Waals surface area contributed by atoms with Gasteiger partial charge in [0.25, 0.3) is 0 Å². The molecule has 0 spiro atoms. The molecule has 0 saturated heterocycles. The Labute approximate surface area is 347 Å². The van der Waals surface area contributed by atoms with Gasteiger partial charge in [0.1, 0.15) is 0 Å². The van der Waals surface area contributed by atoms with Crippen LogP contribution in [0.25, 0.3) is 61.1 Å². The highest BCUT2D eigenvalue weighted by atomic mass is 15.2. The van der Waals surface area contributed by atoms with Crippen molar-refractivity contribution in [1.29, 1.82) is 0 Å². The minimum absolute atomic E-state index is 0.177. The molecule has 3 aliphatic rings. The SMILES string of the molecule is CC1=C2N(c3ccccc3)c3ccc(-c4ccc5c(c4)C(C)(C)c4cccc(-c6cc7ccccc7c(-c7ccccc7)n6)c4-5)cc3C2(C)CC=C1c1ccccc1C. The molecule has 7 aromatic carbocycles. The third-order valence-electron chi connectivity index (χ3n) is 13.6. The van der Waals surface area contributed by atoms with Crippen molar-refractivity contribution in [2.45, 2.75) is 51.9 Å². The van der Waals surface area contributed by atoms with E-state index in [9.17, 15) is 0 Å². The summed E-state index contributed by atoms with van der Waals surface area (Å²) in [6.07, 6.45) is 3.43. The molecule has 1 atom stereocenters. The van der Waals surface area contributed by atoms with Crippen LogP contribution in [-0.4, -0.2) is 4.98 Å². The van der Waals surface area contributed by atoms with Crippen molar-refractivity contribution in [1.82, 2.24) is 4.98 Å². The number of hydrogen-bond donors (Lipinski definition) is 0. The molecule has 1 aromatic heterocycles. The second-order valence-corrected chi connectivity index (χ2v) is 17.4. The molecule has 0 N–H and O–H groups in total. The molecule has 2 aliphatic carbocycles. The van der Waals surface area contributed by atoms with Crippen LogP contribution in [0.1, 0.15) is 61.9 Å². The summed E-state index contributed by atoms with van der Waals surface area (Å²) < 4.78 is 0. The van der Waals surface area contributed by atoms with Crippen LogP contribution in [0.5, 0.6) is 0 Å². The molecule has 8 aromatic rings. The predicted molar refractivity (Wildman–Crippen MR) is 248 cm³/mol. The first kappa shape index (κ1) is 35.4. The van der Waals surface area contributed by atoms with Crippen LogP contribution in [-0.2, 0) is 10.8 Å². The van der Waals surface area contributed by atoms with E-state index in [0.717, 1.165) is 23.4 Å². The smallest absolute Gasteiger partial charge is 0.0787 e. The molecule has 2 heteroatoms. The van der Waals surface area contributed by atoms with E-state index in [-0.39, 0.29) is 10.8 Å². The van der Waals surface area contributed by atoms with E-state index in [4.69, 9.17) is 4.98 Å². The Balaban J connectivity index is 1.04. The van der Waals surface area contributed by atoms with Crippen LogP contribution in [0.3, 0.4) is 0 Å². The zero-order valence-electron chi connectivity index (χ0n) is 34.3. The fourth-order valence-corrected chi connectivity index (χ4v) is 10.6. The normalized spacial score (nSPS) is 17.4. The Morgan fingerprint density at radius 1 is 0.542 bits per heavy atom. The summed E-state index contributed by atoms with van der Waals surface area (Å²) in [7, 11) is 0. The zero-order chi connectivity index (χ0) is 40.0. The van der Waals surface area contributed by atoms with Crippen LogP contribution in [0.4, 0.5) is 11.4 Å². The lowest BCUT2D eigenvalue weighted by atomic mass is 9.71. The fraction of sp³-hybridized carbons (Fsp3) is 0.140. The van der Waals surface area contributed by atoms with Crippen LogP contribution in [0, 0.1) is 6.92 Å². The Morgan fingerprint density at radius 3 is 2.02 bits per heavy atom. The zero-order valence-corrected chi connectivity index (χ0v) is 34.3. The molecule has 0 fully saturated rings. The first-order valence-electron chi connectivity index (χ1n) is 20.9. The first-order valence-corrected chi connectivity index (χ1v) is 20.9. The molecule has 284 valence electrons. The van der Waals surface area contributed by atoms with E-state index in [1.54, 1.807) is 0 Å². The van der Waals surface area contributed by atoms with Crippen molar-refractivity contribution in [3.8, 4) is 44.8 Å². The van der Waals surface area contributed by atoms with E-state index in [2.05, 4.69) is 215 Å². The quantitative estimate of drug-likeness (QED) is 0.174. The molecule has 1 aliphatic heterocycles. The Kier molecular flexibility index (Phi) is 7.88. The maximum Gasteiger partial charge on any atom is 0.0787 e. The van der Waals surface area contributed by atoms with E-state index >= 15 is 0 Å². The molecule has 2 heterocycles. The van der Waals surface area contributed by atoms with Gasteiger partial charge in [0, 0.05) is 38.7 Å². The van der Waals surface area contributed by atoms with Crippen molar-refractivity contribution in [2.24, 2.45) is 0 Å². The predicted octanol–water partition coefficient (Wildman–Crippen LogP) is 15.0. The Morgan fingerprint density at radius 2 is 1.22 bits per heavy atom. The van der Waals surface area contributed by atoms with Gasteiger partial charge in [-0.2, -0.15) is 0 Å². The molecule has 2 nitrogen and oxygen atoms in total. The number of hydrogen-bond acceptors (Lipinski definition) is 2. The first-order chi connectivity index (χ1) is 28.7. The summed E-state index contributed by atoms with van der Waals surface area (Å²) in [5, 5.41) is 2.37. The Hall–Kier alpha value is -6.77. The number of rotatable bonds is 5. The summed E-state index contributed by atoms with van der Waals surface area (Å²) in [4.78, 5) is 7.96. The van der Waals surface area contributed by atoms with Crippen molar-refractivity contribution in [3.63, 3.8) is 0 Å². The minimum Gasteiger partial charge on any atom is -0.313 e. The van der Waals surface area contributed by atoms with Crippen LogP contribution >= 0.6 is 0 Å². The second-order valence-electron chi connectivity index (χ2n) is 17.4. The van der Waals surface area contributed by atoms with E-state index < -0.39 is 0 Å². The molecule has 11 rings (SSSR count). The summed E-state index contributed by atoms with van der Waals surface area (Å²) in [5.74, 6) is 0. The third-order valence-corrected chi connectivity index (χ3v) is 13.6. The molecule has 59 heavy (non-hydrogen) atoms. The number of fused-ring (bicyclic) bond motifs is 7. The van der Waals surface area contributed by atoms with Crippen molar-refractivity contribution in [3.05, 3.63) is 215 Å². The van der Waals surface area contributed by atoms with Crippen molar-refractivity contribution >= 4 is 27.7 Å². The number of pyridine rings is 1. The lowest BCUT2D eigenvalue weighted by molar-refractivity contribution is 0.573. The van der Waals surface area contributed by atoms with Gasteiger partial charge in [-0.3, -0.25) is 0 Å². The fourth-order valence-electron chi connectivity index (χ4n) is 10.6. The second kappa shape index (κ2) is 13.1. The Bertz CT molecular complexity index is 3080. The number of anilines is 2. The standard InChI is InChI=1S/C57H46N2/c1-36-17-12-14-23-43(36)44-31-32-57(5)50-34-40(28-30-52(50)59(55(57)37(44)2)42-21-10-7-11-22-42)39-27-29-46-49(33-39)56(3,4)48-26-16-25-47(53(46)48)51-35-41-20-13-15-24-45(41)54(58-51)38-18-8-6-9-19-38/h6-31,33-35H,32H2,1-5H3. The highest BCUT2D eigenvalue weighted by Crippen LogP contribution is 2.59. The van der Waals surface area contributed by atoms with Gasteiger partial charge in [-0.05, 0) is 130 Å². The highest BCUT2D eigenvalue weighted by molar-refractivity contribution is 6.00. The largest absolute Gasteiger partial charge is 0.313 e. The molecule has 0 saturated carbocycles. The van der Waals surface area contributed by atoms with Crippen LogP contribution in [0.2, 0.25) is 0 Å². The van der Waals surface area contributed by atoms with Gasteiger partial charge in [0.05, 0.1) is 17.1 Å². The monoisotopic (exact) mass is 758 g/mol. The maximum absolute atomic E-state index is 5.43. The average Bonchev–Trinajstić information content (AvgIpc) is 3.68. The number of nitrogens with zero attached hydrogens (tertiary/aromatic N) is 2. The summed E-state index contributed by atoms with van der Waals surface area (Å²) in [6.45, 7) is 11.8. The lowest BCUT2D eigenvalue weighted by Gasteiger charge is -2.36. The van der Waals surface area contributed by atoms with Gasteiger partial charge in [-0.1, -0.05) is 153 Å². The molecule has 0 bridgehead atoms. The highest BCUT2D eigenvalue weighted by Gasteiger charge is 2.47. The number of allylic oxidation sites excluding steroid dienone is 4. The maximum atomic E-state index is 5.43. The minimum atomic E-state index is -0.185. The lowest BCUT2D eigenvalue weighted by Crippen LogP contribution is -2.29. The van der Waals surface area contributed by atoms with Crippen molar-refractivity contribution in [2.75, 3.05) is 4.90 Å². The van der Waals surface area contributed by atoms with Gasteiger partial charge in [0.2, 0.25) is 0 Å². The molecule has 0 radical (unpaired) electrons. The number of aryl methyl sites for hydroxylation is 1. The van der Waals surface area contributed by atoms with Crippen LogP contribution < -0.4 is 4.90 Å². The summed E-state index contributed by atoms with van der Waals surface area (Å²) >= 11 is 0. The van der Waals surface area contributed by atoms with Gasteiger partial charge in [0.15, 0.2) is 0 Å². The summed E-state index contributed by atoms with van der Waals surface area (Å²) in [5.41, 5.74) is 22.4. The third kappa shape index (κ3) is 5.29. The molecular weight excluding hydrogens is 713 g/mol. The van der Waals surface area contributed by atoms with E-state index in [1.807, 2.05) is 0 Å². The van der Waals surface area contributed by atoms with Gasteiger partial charge < -0.3 is 4.90 Å². The average molecular weight is 759 g/mol. The van der Waals surface area contributed by atoms with E-state index in [1.165, 1.54) is 94.6 Å². The van der Waals surface area contributed by atoms with Gasteiger partial charge in [-0.25, -0.2) is 4.98 Å². The number of aromatic nitrogens is 1. The number of para-hydroxylation sites is 1. The van der Waals surface area contributed by atoms with E-state index in [0.29, 0.717) is 0 Å². The van der Waals surface area contributed by atoms with Crippen molar-refractivity contribution < 1.29 is 0 Å². The van der Waals surface area contributed by atoms with Gasteiger partial charge in [-0.15, -0.1) is 0 Å². The number of benzene rings is 7. The van der Waals surface area contributed by atoms with Gasteiger partial charge >= 0.3 is 0 Å². The van der Waals surface area contributed by atoms with Crippen LogP contribution in [0.15, 0.2) is 187 Å². The molecule has 1 unspecified atom stereocenters. The topological polar surface area (TPSA) is 16.1 Å².